The van der Waals surface area contributed by atoms with Gasteiger partial charge in [0.05, 0.1) is 24.4 Å². The van der Waals surface area contributed by atoms with E-state index < -0.39 is 6.10 Å². The molecule has 1 heterocycles. The summed E-state index contributed by atoms with van der Waals surface area (Å²) in [7, 11) is 1.65. The second-order valence-electron chi connectivity index (χ2n) is 7.60. The van der Waals surface area contributed by atoms with Gasteiger partial charge in [-0.1, -0.05) is 77.2 Å². The highest BCUT2D eigenvalue weighted by atomic mass is 16.7. The van der Waals surface area contributed by atoms with Crippen LogP contribution < -0.4 is 0 Å². The summed E-state index contributed by atoms with van der Waals surface area (Å²) in [6.45, 7) is 6.22. The minimum atomic E-state index is -0.583. The van der Waals surface area contributed by atoms with Crippen LogP contribution in [0.25, 0.3) is 0 Å². The van der Waals surface area contributed by atoms with Crippen LogP contribution in [0.15, 0.2) is 12.7 Å². The Labute approximate surface area is 161 Å². The Bertz CT molecular complexity index is 334. The molecule has 154 valence electrons. The van der Waals surface area contributed by atoms with Crippen LogP contribution in [0.3, 0.4) is 0 Å². The summed E-state index contributed by atoms with van der Waals surface area (Å²) in [6.07, 6.45) is 17.1. The Balaban J connectivity index is 2.15. The average Bonchev–Trinajstić information content (AvgIpc) is 3.15. The highest BCUT2D eigenvalue weighted by Gasteiger charge is 2.34. The van der Waals surface area contributed by atoms with Crippen molar-refractivity contribution in [1.29, 1.82) is 0 Å². The summed E-state index contributed by atoms with van der Waals surface area (Å²) in [4.78, 5) is 0. The third kappa shape index (κ3) is 10.1. The van der Waals surface area contributed by atoms with Gasteiger partial charge in [0.2, 0.25) is 0 Å². The van der Waals surface area contributed by atoms with Gasteiger partial charge in [0, 0.05) is 7.11 Å². The van der Waals surface area contributed by atoms with E-state index in [2.05, 4.69) is 13.5 Å². The van der Waals surface area contributed by atoms with Gasteiger partial charge in [0.25, 0.3) is 0 Å². The maximum absolute atomic E-state index is 9.89. The number of aliphatic hydroxyl groups is 1. The van der Waals surface area contributed by atoms with Crippen LogP contribution in [0, 0.1) is 0 Å². The molecule has 1 aliphatic rings. The van der Waals surface area contributed by atoms with E-state index in [4.69, 9.17) is 14.2 Å². The maximum Gasteiger partial charge on any atom is 0.146 e. The Morgan fingerprint density at radius 1 is 1.00 bits per heavy atom. The zero-order valence-corrected chi connectivity index (χ0v) is 17.2. The van der Waals surface area contributed by atoms with Gasteiger partial charge in [0.1, 0.15) is 6.79 Å². The minimum absolute atomic E-state index is 0.0586. The first-order chi connectivity index (χ1) is 12.7. The number of rotatable bonds is 17. The zero-order chi connectivity index (χ0) is 19.0. The van der Waals surface area contributed by atoms with Gasteiger partial charge in [-0.3, -0.25) is 0 Å². The molecule has 1 N–H and O–H groups in total. The number of ether oxygens (including phenoxy) is 3. The van der Waals surface area contributed by atoms with Crippen LogP contribution in [-0.2, 0) is 14.2 Å². The molecule has 4 heteroatoms. The Hall–Kier alpha value is -0.420. The van der Waals surface area contributed by atoms with Crippen molar-refractivity contribution < 1.29 is 19.3 Å². The second kappa shape index (κ2) is 15.6. The molecular weight excluding hydrogens is 328 g/mol. The summed E-state index contributed by atoms with van der Waals surface area (Å²) in [5.74, 6) is 0. The lowest BCUT2D eigenvalue weighted by Crippen LogP contribution is -2.32. The van der Waals surface area contributed by atoms with Crippen LogP contribution in [-0.4, -0.2) is 43.4 Å². The molecule has 1 saturated heterocycles. The predicted octanol–water partition coefficient (Wildman–Crippen LogP) is 5.38. The van der Waals surface area contributed by atoms with Crippen LogP contribution in [0.1, 0.15) is 90.4 Å². The van der Waals surface area contributed by atoms with Crippen LogP contribution >= 0.6 is 0 Å². The molecule has 1 rings (SSSR count). The standard InChI is InChI=1S/C22H42O4/c1-4-6-7-8-9-10-11-12-13-14-15-21(25-18-24-3)22-17-16-20(26-22)19(23)5-2/h5,19-23H,2,4,6-18H2,1,3H3/t19-,20-,21-,22-/m1/s1. The Kier molecular flexibility index (Phi) is 14.2. The van der Waals surface area contributed by atoms with E-state index in [9.17, 15) is 5.11 Å². The van der Waals surface area contributed by atoms with Gasteiger partial charge in [0.15, 0.2) is 0 Å². The number of methoxy groups -OCH3 is 1. The average molecular weight is 371 g/mol. The summed E-state index contributed by atoms with van der Waals surface area (Å²) < 4.78 is 17.0. The van der Waals surface area contributed by atoms with Gasteiger partial charge >= 0.3 is 0 Å². The van der Waals surface area contributed by atoms with Crippen LogP contribution in [0.2, 0.25) is 0 Å². The maximum atomic E-state index is 9.89. The molecule has 0 amide bonds. The monoisotopic (exact) mass is 370 g/mol. The number of unbranched alkanes of at least 4 members (excludes halogenated alkanes) is 9. The van der Waals surface area contributed by atoms with E-state index in [1.165, 1.54) is 64.2 Å². The highest BCUT2D eigenvalue weighted by molar-refractivity contribution is 4.91. The molecule has 0 aromatic carbocycles. The van der Waals surface area contributed by atoms with E-state index in [1.54, 1.807) is 13.2 Å². The molecule has 1 fully saturated rings. The molecule has 4 atom stereocenters. The van der Waals surface area contributed by atoms with Gasteiger partial charge < -0.3 is 19.3 Å². The fraction of sp³-hybridized carbons (Fsp3) is 0.909. The van der Waals surface area contributed by atoms with E-state index in [1.807, 2.05) is 0 Å². The molecule has 0 aliphatic carbocycles. The Morgan fingerprint density at radius 2 is 1.58 bits per heavy atom. The molecular formula is C22H42O4. The molecule has 0 bridgehead atoms. The normalized spacial score (nSPS) is 22.4. The van der Waals surface area contributed by atoms with Gasteiger partial charge in [-0.15, -0.1) is 6.58 Å². The van der Waals surface area contributed by atoms with Gasteiger partial charge in [-0.25, -0.2) is 0 Å². The molecule has 0 unspecified atom stereocenters. The van der Waals surface area contributed by atoms with Crippen molar-refractivity contribution in [1.82, 2.24) is 0 Å². The first kappa shape index (κ1) is 23.6. The summed E-state index contributed by atoms with van der Waals surface area (Å²) >= 11 is 0. The molecule has 0 radical (unpaired) electrons. The van der Waals surface area contributed by atoms with Crippen LogP contribution in [0.4, 0.5) is 0 Å². The largest absolute Gasteiger partial charge is 0.386 e. The lowest BCUT2D eigenvalue weighted by Gasteiger charge is -2.25. The van der Waals surface area contributed by atoms with E-state index >= 15 is 0 Å². The fourth-order valence-corrected chi connectivity index (χ4v) is 3.73. The summed E-state index contributed by atoms with van der Waals surface area (Å²) in [5.41, 5.74) is 0. The van der Waals surface area contributed by atoms with Crippen molar-refractivity contribution >= 4 is 0 Å². The summed E-state index contributed by atoms with van der Waals surface area (Å²) in [5, 5.41) is 9.89. The fourth-order valence-electron chi connectivity index (χ4n) is 3.73. The van der Waals surface area contributed by atoms with Crippen molar-refractivity contribution in [2.45, 2.75) is 115 Å². The Morgan fingerprint density at radius 3 is 2.15 bits per heavy atom. The first-order valence-corrected chi connectivity index (χ1v) is 10.8. The van der Waals surface area contributed by atoms with Crippen molar-refractivity contribution in [3.05, 3.63) is 12.7 Å². The van der Waals surface area contributed by atoms with Crippen molar-refractivity contribution in [2.24, 2.45) is 0 Å². The number of hydrogen-bond acceptors (Lipinski definition) is 4. The first-order valence-electron chi connectivity index (χ1n) is 10.8. The van der Waals surface area contributed by atoms with Gasteiger partial charge in [-0.2, -0.15) is 0 Å². The molecule has 0 aromatic rings. The minimum Gasteiger partial charge on any atom is -0.386 e. The number of aliphatic hydroxyl groups excluding tert-OH is 1. The molecule has 1 aliphatic heterocycles. The zero-order valence-electron chi connectivity index (χ0n) is 17.2. The molecule has 0 saturated carbocycles. The molecule has 26 heavy (non-hydrogen) atoms. The van der Waals surface area contributed by atoms with E-state index in [0.717, 1.165) is 19.3 Å². The second-order valence-corrected chi connectivity index (χ2v) is 7.60. The van der Waals surface area contributed by atoms with E-state index in [0.29, 0.717) is 6.79 Å². The van der Waals surface area contributed by atoms with Crippen molar-refractivity contribution in [2.75, 3.05) is 13.9 Å². The quantitative estimate of drug-likeness (QED) is 0.212. The smallest absolute Gasteiger partial charge is 0.146 e. The summed E-state index contributed by atoms with van der Waals surface area (Å²) in [6, 6.07) is 0. The molecule has 4 nitrogen and oxygen atoms in total. The third-order valence-electron chi connectivity index (χ3n) is 5.36. The van der Waals surface area contributed by atoms with Gasteiger partial charge in [-0.05, 0) is 19.3 Å². The predicted molar refractivity (Wildman–Crippen MR) is 107 cm³/mol. The van der Waals surface area contributed by atoms with Crippen molar-refractivity contribution in [3.63, 3.8) is 0 Å². The topological polar surface area (TPSA) is 47.9 Å². The SMILES string of the molecule is C=C[C@@H](O)[C@H]1CC[C@H]([C@@H](CCCCCCCCCCCC)OCOC)O1. The number of hydrogen-bond donors (Lipinski definition) is 1. The van der Waals surface area contributed by atoms with Crippen LogP contribution in [0.5, 0.6) is 0 Å². The van der Waals surface area contributed by atoms with Crippen molar-refractivity contribution in [3.8, 4) is 0 Å². The lowest BCUT2D eigenvalue weighted by molar-refractivity contribution is -0.134. The third-order valence-corrected chi connectivity index (χ3v) is 5.36. The molecule has 0 spiro atoms. The lowest BCUT2D eigenvalue weighted by atomic mass is 10.0. The molecule has 0 aromatic heterocycles. The van der Waals surface area contributed by atoms with E-state index in [-0.39, 0.29) is 18.3 Å². The highest BCUT2D eigenvalue weighted by Crippen LogP contribution is 2.28.